The summed E-state index contributed by atoms with van der Waals surface area (Å²) in [5, 5.41) is 2.14. The van der Waals surface area contributed by atoms with E-state index in [4.69, 9.17) is 10.5 Å². The summed E-state index contributed by atoms with van der Waals surface area (Å²) in [5.74, 6) is -3.25. The van der Waals surface area contributed by atoms with Crippen LogP contribution in [-0.2, 0) is 4.79 Å². The molecule has 0 aliphatic rings. The molecule has 1 unspecified atom stereocenters. The van der Waals surface area contributed by atoms with E-state index < -0.39 is 31.0 Å². The van der Waals surface area contributed by atoms with Gasteiger partial charge in [0.05, 0.1) is 13.1 Å². The van der Waals surface area contributed by atoms with Crippen LogP contribution in [-0.4, -0.2) is 31.0 Å². The average Bonchev–Trinajstić information content (AvgIpc) is 2.61. The molecule has 2 rings (SSSR count). The van der Waals surface area contributed by atoms with Gasteiger partial charge < -0.3 is 15.8 Å². The van der Waals surface area contributed by atoms with Crippen LogP contribution in [0.5, 0.6) is 5.75 Å². The number of amides is 1. The van der Waals surface area contributed by atoms with Crippen molar-refractivity contribution in [3.8, 4) is 16.9 Å². The van der Waals surface area contributed by atoms with Gasteiger partial charge in [0.25, 0.3) is 11.8 Å². The van der Waals surface area contributed by atoms with Crippen molar-refractivity contribution in [1.82, 2.24) is 5.32 Å². The fraction of sp³-hybridized carbons (Fsp3) is 0.278. The highest BCUT2D eigenvalue weighted by molar-refractivity contribution is 5.80. The van der Waals surface area contributed by atoms with Gasteiger partial charge in [0.1, 0.15) is 5.75 Å². The van der Waals surface area contributed by atoms with Gasteiger partial charge >= 0.3 is 0 Å². The maximum Gasteiger partial charge on any atom is 0.277 e. The zero-order valence-corrected chi connectivity index (χ0v) is 13.3. The van der Waals surface area contributed by atoms with Crippen LogP contribution < -0.4 is 15.8 Å². The number of benzene rings is 2. The number of nitrogens with two attached hydrogens (primary N) is 1. The standard InChI is InChI=1S/C18H20F2N2O2/c1-13(17(23)22-12-18(19,20)11-21)24-16-9-7-15(8-10-16)14-5-3-2-4-6-14/h2-10,13H,11-12,21H2,1H3,(H,22,23). The maximum atomic E-state index is 13.0. The fourth-order valence-electron chi connectivity index (χ4n) is 2.05. The second-order valence-electron chi connectivity index (χ2n) is 5.43. The second kappa shape index (κ2) is 7.88. The van der Waals surface area contributed by atoms with Gasteiger partial charge in [-0.05, 0) is 30.2 Å². The van der Waals surface area contributed by atoms with Crippen LogP contribution in [0.3, 0.4) is 0 Å². The monoisotopic (exact) mass is 334 g/mol. The third kappa shape index (κ3) is 5.03. The Labute approximate surface area is 139 Å². The summed E-state index contributed by atoms with van der Waals surface area (Å²) in [6.45, 7) is -0.118. The van der Waals surface area contributed by atoms with Crippen LogP contribution in [0.2, 0.25) is 0 Å². The number of halogens is 2. The molecule has 128 valence electrons. The van der Waals surface area contributed by atoms with Crippen LogP contribution in [0.1, 0.15) is 6.92 Å². The van der Waals surface area contributed by atoms with Crippen molar-refractivity contribution in [1.29, 1.82) is 0 Å². The van der Waals surface area contributed by atoms with Gasteiger partial charge in [-0.25, -0.2) is 8.78 Å². The fourth-order valence-corrected chi connectivity index (χ4v) is 2.05. The van der Waals surface area contributed by atoms with Gasteiger partial charge in [-0.2, -0.15) is 0 Å². The predicted molar refractivity (Wildman–Crippen MR) is 89.0 cm³/mol. The normalized spacial score (nSPS) is 12.5. The molecule has 3 N–H and O–H groups in total. The third-order valence-electron chi connectivity index (χ3n) is 3.46. The minimum absolute atomic E-state index is 0.489. The van der Waals surface area contributed by atoms with Crippen LogP contribution in [0.15, 0.2) is 54.6 Å². The highest BCUT2D eigenvalue weighted by Gasteiger charge is 2.28. The lowest BCUT2D eigenvalue weighted by atomic mass is 10.1. The van der Waals surface area contributed by atoms with Crippen molar-refractivity contribution >= 4 is 5.91 Å². The molecule has 6 heteroatoms. The highest BCUT2D eigenvalue weighted by Crippen LogP contribution is 2.22. The van der Waals surface area contributed by atoms with Crippen molar-refractivity contribution in [2.75, 3.05) is 13.1 Å². The minimum Gasteiger partial charge on any atom is -0.481 e. The molecule has 1 atom stereocenters. The van der Waals surface area contributed by atoms with Crippen LogP contribution in [0.4, 0.5) is 8.78 Å². The molecule has 2 aromatic carbocycles. The molecule has 1 amide bonds. The number of nitrogens with one attached hydrogen (secondary N) is 1. The molecule has 0 aromatic heterocycles. The molecular weight excluding hydrogens is 314 g/mol. The van der Waals surface area contributed by atoms with Crippen molar-refractivity contribution in [3.63, 3.8) is 0 Å². The lowest BCUT2D eigenvalue weighted by Crippen LogP contribution is -2.45. The van der Waals surface area contributed by atoms with Crippen LogP contribution in [0.25, 0.3) is 11.1 Å². The predicted octanol–water partition coefficient (Wildman–Crippen LogP) is 2.83. The van der Waals surface area contributed by atoms with Crippen LogP contribution >= 0.6 is 0 Å². The molecule has 0 aliphatic carbocycles. The average molecular weight is 334 g/mol. The van der Waals surface area contributed by atoms with E-state index >= 15 is 0 Å². The Balaban J connectivity index is 1.92. The number of hydrogen-bond donors (Lipinski definition) is 2. The highest BCUT2D eigenvalue weighted by atomic mass is 19.3. The first kappa shape index (κ1) is 17.9. The van der Waals surface area contributed by atoms with Crippen molar-refractivity contribution < 1.29 is 18.3 Å². The summed E-state index contributed by atoms with van der Waals surface area (Å²) in [7, 11) is 0. The number of rotatable bonds is 7. The van der Waals surface area contributed by atoms with E-state index in [0.29, 0.717) is 5.75 Å². The number of hydrogen-bond acceptors (Lipinski definition) is 3. The van der Waals surface area contributed by atoms with Crippen molar-refractivity contribution in [2.24, 2.45) is 5.73 Å². The number of alkyl halides is 2. The zero-order chi connectivity index (χ0) is 17.6. The smallest absolute Gasteiger partial charge is 0.277 e. The Kier molecular flexibility index (Phi) is 5.87. The summed E-state index contributed by atoms with van der Waals surface area (Å²) in [6, 6.07) is 17.0. The van der Waals surface area contributed by atoms with E-state index in [2.05, 4.69) is 5.32 Å². The molecule has 0 fully saturated rings. The molecule has 0 heterocycles. The summed E-state index contributed by atoms with van der Waals surface area (Å²) in [4.78, 5) is 11.8. The largest absolute Gasteiger partial charge is 0.481 e. The SMILES string of the molecule is CC(Oc1ccc(-c2ccccc2)cc1)C(=O)NCC(F)(F)CN. The molecule has 24 heavy (non-hydrogen) atoms. The Bertz CT molecular complexity index is 660. The van der Waals surface area contributed by atoms with Gasteiger partial charge in [-0.3, -0.25) is 4.79 Å². The summed E-state index contributed by atoms with van der Waals surface area (Å²) in [6.07, 6.45) is -0.888. The number of carbonyl (C=O) groups is 1. The number of carbonyl (C=O) groups excluding carboxylic acids is 1. The molecule has 4 nitrogen and oxygen atoms in total. The Morgan fingerprint density at radius 1 is 1.12 bits per heavy atom. The van der Waals surface area contributed by atoms with Gasteiger partial charge in [-0.15, -0.1) is 0 Å². The molecule has 0 aliphatic heterocycles. The minimum atomic E-state index is -3.12. The van der Waals surface area contributed by atoms with Gasteiger partial charge in [-0.1, -0.05) is 42.5 Å². The van der Waals surface area contributed by atoms with Gasteiger partial charge in [0, 0.05) is 0 Å². The third-order valence-corrected chi connectivity index (χ3v) is 3.46. The first-order valence-electron chi connectivity index (χ1n) is 7.59. The van der Waals surface area contributed by atoms with E-state index in [9.17, 15) is 13.6 Å². The molecule has 0 saturated heterocycles. The zero-order valence-electron chi connectivity index (χ0n) is 13.3. The summed E-state index contributed by atoms with van der Waals surface area (Å²) >= 11 is 0. The first-order valence-corrected chi connectivity index (χ1v) is 7.59. The lowest BCUT2D eigenvalue weighted by Gasteiger charge is -2.18. The van der Waals surface area contributed by atoms with E-state index in [0.717, 1.165) is 11.1 Å². The van der Waals surface area contributed by atoms with E-state index in [1.807, 2.05) is 42.5 Å². The van der Waals surface area contributed by atoms with Crippen molar-refractivity contribution in [3.05, 3.63) is 54.6 Å². The first-order chi connectivity index (χ1) is 11.4. The van der Waals surface area contributed by atoms with Gasteiger partial charge in [0.15, 0.2) is 6.10 Å². The van der Waals surface area contributed by atoms with E-state index in [1.165, 1.54) is 6.92 Å². The molecule has 2 aromatic rings. The Hall–Kier alpha value is -2.47. The lowest BCUT2D eigenvalue weighted by molar-refractivity contribution is -0.129. The Morgan fingerprint density at radius 3 is 2.29 bits per heavy atom. The maximum absolute atomic E-state index is 13.0. The topological polar surface area (TPSA) is 64.3 Å². The number of ether oxygens (including phenoxy) is 1. The van der Waals surface area contributed by atoms with E-state index in [-0.39, 0.29) is 0 Å². The summed E-state index contributed by atoms with van der Waals surface area (Å²) in [5.41, 5.74) is 7.01. The quantitative estimate of drug-likeness (QED) is 0.818. The molecule has 0 bridgehead atoms. The van der Waals surface area contributed by atoms with E-state index in [1.54, 1.807) is 12.1 Å². The summed E-state index contributed by atoms with van der Waals surface area (Å²) < 4.78 is 31.5. The molecule has 0 radical (unpaired) electrons. The van der Waals surface area contributed by atoms with Crippen molar-refractivity contribution in [2.45, 2.75) is 19.0 Å². The molecule has 0 saturated carbocycles. The van der Waals surface area contributed by atoms with Crippen LogP contribution in [0, 0.1) is 0 Å². The second-order valence-corrected chi connectivity index (χ2v) is 5.43. The molecular formula is C18H20F2N2O2. The van der Waals surface area contributed by atoms with Gasteiger partial charge in [0.2, 0.25) is 0 Å². The Morgan fingerprint density at radius 2 is 1.71 bits per heavy atom. The molecule has 0 spiro atoms.